The van der Waals surface area contributed by atoms with Crippen LogP contribution in [0, 0.1) is 12.7 Å². The fourth-order valence-corrected chi connectivity index (χ4v) is 4.43. The highest BCUT2D eigenvalue weighted by Crippen LogP contribution is 2.38. The maximum Gasteiger partial charge on any atom is 0.290 e. The molecule has 1 fully saturated rings. The summed E-state index contributed by atoms with van der Waals surface area (Å²) in [6.45, 7) is 5.94. The summed E-state index contributed by atoms with van der Waals surface area (Å²) in [6.07, 6.45) is 0. The molecule has 7 heteroatoms. The number of hydrogen-bond donors (Lipinski definition) is 0. The lowest BCUT2D eigenvalue weighted by atomic mass is 9.98. The van der Waals surface area contributed by atoms with Crippen molar-refractivity contribution in [2.45, 2.75) is 13.0 Å². The van der Waals surface area contributed by atoms with E-state index in [1.807, 2.05) is 13.0 Å². The lowest BCUT2D eigenvalue weighted by Gasteiger charge is -2.31. The first-order chi connectivity index (χ1) is 15.0. The summed E-state index contributed by atoms with van der Waals surface area (Å²) < 4.78 is 24.9. The average molecular weight is 422 g/mol. The molecule has 1 unspecified atom stereocenters. The summed E-state index contributed by atoms with van der Waals surface area (Å²) in [5.41, 5.74) is 2.14. The van der Waals surface area contributed by atoms with E-state index in [0.29, 0.717) is 48.4 Å². The molecule has 0 saturated carbocycles. The molecule has 1 atom stereocenters. The van der Waals surface area contributed by atoms with E-state index >= 15 is 0 Å². The molecule has 6 nitrogen and oxygen atoms in total. The second kappa shape index (κ2) is 7.90. The standard InChI is InChI=1S/C24H23FN2O4/c1-15-2-7-19-18(14-15)22(28)20-21(16-3-5-17(25)6-4-16)27(24(29)23(20)31-19)9-8-26-10-12-30-13-11-26/h2-7,14,21H,8-13H2,1H3. The number of ether oxygens (including phenoxy) is 1. The van der Waals surface area contributed by atoms with Crippen LogP contribution in [0.1, 0.15) is 33.3 Å². The maximum absolute atomic E-state index is 13.6. The number of nitrogens with zero attached hydrogens (tertiary/aromatic N) is 2. The molecule has 0 aliphatic carbocycles. The van der Waals surface area contributed by atoms with Gasteiger partial charge in [-0.15, -0.1) is 0 Å². The minimum Gasteiger partial charge on any atom is -0.450 e. The number of aryl methyl sites for hydroxylation is 1. The second-order valence-corrected chi connectivity index (χ2v) is 8.08. The van der Waals surface area contributed by atoms with Crippen LogP contribution in [-0.4, -0.2) is 55.1 Å². The molecule has 1 amide bonds. The van der Waals surface area contributed by atoms with E-state index in [0.717, 1.165) is 18.7 Å². The van der Waals surface area contributed by atoms with Crippen molar-refractivity contribution in [1.29, 1.82) is 0 Å². The number of hydrogen-bond acceptors (Lipinski definition) is 5. The number of rotatable bonds is 4. The van der Waals surface area contributed by atoms with Crippen molar-refractivity contribution >= 4 is 16.9 Å². The van der Waals surface area contributed by atoms with Crippen LogP contribution >= 0.6 is 0 Å². The Morgan fingerprint density at radius 3 is 2.52 bits per heavy atom. The molecule has 1 aromatic heterocycles. The highest BCUT2D eigenvalue weighted by Gasteiger charge is 2.42. The second-order valence-electron chi connectivity index (χ2n) is 8.08. The van der Waals surface area contributed by atoms with Crippen molar-refractivity contribution in [3.05, 3.63) is 81.0 Å². The molecule has 1 saturated heterocycles. The molecule has 5 rings (SSSR count). The zero-order valence-corrected chi connectivity index (χ0v) is 17.3. The van der Waals surface area contributed by atoms with Gasteiger partial charge in [-0.25, -0.2) is 4.39 Å². The first-order valence-electron chi connectivity index (χ1n) is 10.5. The van der Waals surface area contributed by atoms with Crippen LogP contribution < -0.4 is 5.43 Å². The number of morpholine rings is 1. The third-order valence-corrected chi connectivity index (χ3v) is 6.07. The van der Waals surface area contributed by atoms with E-state index in [4.69, 9.17) is 9.15 Å². The van der Waals surface area contributed by atoms with Crippen LogP contribution in [0.15, 0.2) is 51.7 Å². The fraction of sp³-hybridized carbons (Fsp3) is 0.333. The predicted molar refractivity (Wildman–Crippen MR) is 114 cm³/mol. The van der Waals surface area contributed by atoms with Crippen LogP contribution in [0.3, 0.4) is 0 Å². The Labute approximate surface area is 178 Å². The van der Waals surface area contributed by atoms with Crippen LogP contribution in [0.4, 0.5) is 4.39 Å². The Bertz CT molecular complexity index is 1200. The first kappa shape index (κ1) is 19.9. The maximum atomic E-state index is 13.6. The van der Waals surface area contributed by atoms with Gasteiger partial charge < -0.3 is 14.1 Å². The number of halogens is 1. The Balaban J connectivity index is 1.60. The summed E-state index contributed by atoms with van der Waals surface area (Å²) in [6, 6.07) is 10.7. The van der Waals surface area contributed by atoms with Gasteiger partial charge in [-0.1, -0.05) is 23.8 Å². The Morgan fingerprint density at radius 2 is 1.77 bits per heavy atom. The van der Waals surface area contributed by atoms with Gasteiger partial charge in [-0.3, -0.25) is 14.5 Å². The summed E-state index contributed by atoms with van der Waals surface area (Å²) in [5, 5.41) is 0.452. The van der Waals surface area contributed by atoms with E-state index in [1.165, 1.54) is 12.1 Å². The zero-order chi connectivity index (χ0) is 21.5. The number of carbonyl (C=O) groups excluding carboxylic acids is 1. The Hall–Kier alpha value is -3.03. The average Bonchev–Trinajstić information content (AvgIpc) is 3.06. The van der Waals surface area contributed by atoms with Crippen molar-refractivity contribution < 1.29 is 18.3 Å². The van der Waals surface area contributed by atoms with Gasteiger partial charge in [0.15, 0.2) is 5.43 Å². The van der Waals surface area contributed by atoms with Crippen molar-refractivity contribution in [2.75, 3.05) is 39.4 Å². The SMILES string of the molecule is Cc1ccc2oc3c(c(=O)c2c1)C(c1ccc(F)cc1)N(CCN1CCOCC1)C3=O. The summed E-state index contributed by atoms with van der Waals surface area (Å²) in [5.74, 6) is -0.593. The largest absolute Gasteiger partial charge is 0.450 e. The zero-order valence-electron chi connectivity index (χ0n) is 17.3. The molecular formula is C24H23FN2O4. The molecule has 0 N–H and O–H groups in total. The predicted octanol–water partition coefficient (Wildman–Crippen LogP) is 3.12. The van der Waals surface area contributed by atoms with E-state index < -0.39 is 6.04 Å². The quantitative estimate of drug-likeness (QED) is 0.647. The van der Waals surface area contributed by atoms with Gasteiger partial charge >= 0.3 is 0 Å². The molecule has 2 aliphatic rings. The van der Waals surface area contributed by atoms with E-state index in [9.17, 15) is 14.0 Å². The van der Waals surface area contributed by atoms with Gasteiger partial charge in [0.2, 0.25) is 5.76 Å². The van der Waals surface area contributed by atoms with Gasteiger partial charge in [0.1, 0.15) is 11.4 Å². The Kier molecular flexibility index (Phi) is 5.08. The van der Waals surface area contributed by atoms with Gasteiger partial charge in [0, 0.05) is 26.2 Å². The highest BCUT2D eigenvalue weighted by molar-refractivity contribution is 5.99. The lowest BCUT2D eigenvalue weighted by molar-refractivity contribution is 0.0314. The van der Waals surface area contributed by atoms with E-state index in [-0.39, 0.29) is 22.9 Å². The number of benzene rings is 2. The van der Waals surface area contributed by atoms with Crippen LogP contribution in [-0.2, 0) is 4.74 Å². The van der Waals surface area contributed by atoms with Gasteiger partial charge in [0.05, 0.1) is 30.2 Å². The molecule has 3 aromatic rings. The van der Waals surface area contributed by atoms with Gasteiger partial charge in [0.25, 0.3) is 5.91 Å². The van der Waals surface area contributed by atoms with Crippen molar-refractivity contribution in [3.8, 4) is 0 Å². The summed E-state index contributed by atoms with van der Waals surface area (Å²) >= 11 is 0. The van der Waals surface area contributed by atoms with Crippen molar-refractivity contribution in [3.63, 3.8) is 0 Å². The molecule has 0 radical (unpaired) electrons. The first-order valence-corrected chi connectivity index (χ1v) is 10.5. The summed E-state index contributed by atoms with van der Waals surface area (Å²) in [7, 11) is 0. The van der Waals surface area contributed by atoms with Crippen molar-refractivity contribution in [2.24, 2.45) is 0 Å². The molecular weight excluding hydrogens is 399 g/mol. The third kappa shape index (κ3) is 3.54. The van der Waals surface area contributed by atoms with Gasteiger partial charge in [-0.05, 0) is 36.8 Å². The topological polar surface area (TPSA) is 63.0 Å². The number of amides is 1. The molecule has 2 aromatic carbocycles. The minimum absolute atomic E-state index is 0.0812. The van der Waals surface area contributed by atoms with E-state index in [1.54, 1.807) is 29.2 Å². The highest BCUT2D eigenvalue weighted by atomic mass is 19.1. The fourth-order valence-electron chi connectivity index (χ4n) is 4.43. The normalized spacial score (nSPS) is 19.2. The lowest BCUT2D eigenvalue weighted by Crippen LogP contribution is -2.42. The molecule has 2 aliphatic heterocycles. The van der Waals surface area contributed by atoms with Crippen LogP contribution in [0.5, 0.6) is 0 Å². The number of fused-ring (bicyclic) bond motifs is 2. The van der Waals surface area contributed by atoms with E-state index in [2.05, 4.69) is 4.90 Å². The molecule has 160 valence electrons. The molecule has 31 heavy (non-hydrogen) atoms. The number of carbonyl (C=O) groups is 1. The van der Waals surface area contributed by atoms with Gasteiger partial charge in [-0.2, -0.15) is 0 Å². The molecule has 0 bridgehead atoms. The molecule has 0 spiro atoms. The third-order valence-electron chi connectivity index (χ3n) is 6.07. The van der Waals surface area contributed by atoms with Crippen LogP contribution in [0.25, 0.3) is 11.0 Å². The van der Waals surface area contributed by atoms with Crippen LogP contribution in [0.2, 0.25) is 0 Å². The summed E-state index contributed by atoms with van der Waals surface area (Å²) in [4.78, 5) is 30.7. The van der Waals surface area contributed by atoms with Crippen molar-refractivity contribution in [1.82, 2.24) is 9.80 Å². The molecule has 3 heterocycles. The Morgan fingerprint density at radius 1 is 1.03 bits per heavy atom. The minimum atomic E-state index is -0.606. The monoisotopic (exact) mass is 422 g/mol. The smallest absolute Gasteiger partial charge is 0.290 e.